The van der Waals surface area contributed by atoms with Crippen molar-refractivity contribution in [1.29, 1.82) is 0 Å². The molecule has 4 rings (SSSR count). The molecule has 1 aromatic rings. The Hall–Kier alpha value is -0.710. The summed E-state index contributed by atoms with van der Waals surface area (Å²) in [6.07, 6.45) is 2.41. The van der Waals surface area contributed by atoms with E-state index >= 15 is 0 Å². The molecule has 3 heterocycles. The Kier molecular flexibility index (Phi) is 8.97. The van der Waals surface area contributed by atoms with E-state index in [0.29, 0.717) is 5.92 Å². The lowest BCUT2D eigenvalue weighted by molar-refractivity contribution is -0.0121. The zero-order chi connectivity index (χ0) is 20.1. The van der Waals surface area contributed by atoms with Crippen LogP contribution >= 0.6 is 35.7 Å². The third-order valence-electron chi connectivity index (χ3n) is 6.63. The maximum absolute atomic E-state index is 5.59. The van der Waals surface area contributed by atoms with Crippen LogP contribution in [0.4, 0.5) is 0 Å². The van der Waals surface area contributed by atoms with E-state index in [4.69, 9.17) is 9.47 Å². The summed E-state index contributed by atoms with van der Waals surface area (Å²) in [5.74, 6) is 4.97. The fourth-order valence-corrected chi connectivity index (χ4v) is 6.29. The Labute approximate surface area is 202 Å². The predicted octanol–water partition coefficient (Wildman–Crippen LogP) is 2.89. The SMILES string of the molecule is CN=C(NCC1(N2CCOCC2)CCSC1)N1CCC(c2ccc(OC)cc2)C1.I. The third-order valence-corrected chi connectivity index (χ3v) is 7.86. The number of methoxy groups -OCH3 is 1. The van der Waals surface area contributed by atoms with Gasteiger partial charge in [0.2, 0.25) is 0 Å². The highest BCUT2D eigenvalue weighted by molar-refractivity contribution is 14.0. The van der Waals surface area contributed by atoms with Crippen LogP contribution in [-0.2, 0) is 4.74 Å². The zero-order valence-corrected chi connectivity index (χ0v) is 21.3. The molecule has 30 heavy (non-hydrogen) atoms. The van der Waals surface area contributed by atoms with E-state index in [1.807, 2.05) is 7.05 Å². The summed E-state index contributed by atoms with van der Waals surface area (Å²) < 4.78 is 10.9. The van der Waals surface area contributed by atoms with Crippen molar-refractivity contribution < 1.29 is 9.47 Å². The molecule has 168 valence electrons. The lowest BCUT2D eigenvalue weighted by Crippen LogP contribution is -2.60. The second-order valence-electron chi connectivity index (χ2n) is 8.23. The molecule has 6 nitrogen and oxygen atoms in total. The maximum atomic E-state index is 5.59. The Morgan fingerprint density at radius 3 is 2.67 bits per heavy atom. The van der Waals surface area contributed by atoms with E-state index < -0.39 is 0 Å². The van der Waals surface area contributed by atoms with E-state index in [9.17, 15) is 0 Å². The molecule has 1 N–H and O–H groups in total. The van der Waals surface area contributed by atoms with E-state index in [0.717, 1.165) is 64.1 Å². The lowest BCUT2D eigenvalue weighted by atomic mass is 9.95. The van der Waals surface area contributed by atoms with Crippen molar-refractivity contribution >= 4 is 41.7 Å². The molecule has 0 radical (unpaired) electrons. The summed E-state index contributed by atoms with van der Waals surface area (Å²) in [4.78, 5) is 9.70. The number of nitrogens with zero attached hydrogens (tertiary/aromatic N) is 3. The molecule has 0 amide bonds. The summed E-state index contributed by atoms with van der Waals surface area (Å²) in [5, 5.41) is 3.74. The molecule has 0 bridgehead atoms. The van der Waals surface area contributed by atoms with Crippen molar-refractivity contribution in [2.24, 2.45) is 4.99 Å². The summed E-state index contributed by atoms with van der Waals surface area (Å²) in [6.45, 7) is 6.85. The van der Waals surface area contributed by atoms with Gasteiger partial charge >= 0.3 is 0 Å². The van der Waals surface area contributed by atoms with Crippen LogP contribution in [0.25, 0.3) is 0 Å². The molecule has 8 heteroatoms. The van der Waals surface area contributed by atoms with Crippen LogP contribution in [0.1, 0.15) is 24.3 Å². The molecule has 0 aliphatic carbocycles. The number of hydrogen-bond donors (Lipinski definition) is 1. The standard InChI is InChI=1S/C22H34N4O2S.HI/c1-23-21(24-16-22(8-14-29-17-22)26-10-12-28-13-11-26)25-9-7-19(15-25)18-3-5-20(27-2)6-4-18;/h3-6,19H,7-17H2,1-2H3,(H,23,24);1H. The fourth-order valence-electron chi connectivity index (χ4n) is 4.81. The van der Waals surface area contributed by atoms with Gasteiger partial charge in [0.25, 0.3) is 0 Å². The first-order valence-electron chi connectivity index (χ1n) is 10.7. The maximum Gasteiger partial charge on any atom is 0.193 e. The third kappa shape index (κ3) is 5.37. The van der Waals surface area contributed by atoms with Gasteiger partial charge in [0.05, 0.1) is 20.3 Å². The van der Waals surface area contributed by atoms with Gasteiger partial charge in [-0.1, -0.05) is 12.1 Å². The Bertz CT molecular complexity index is 691. The Balaban J connectivity index is 0.00000256. The molecule has 3 fully saturated rings. The van der Waals surface area contributed by atoms with E-state index in [2.05, 4.69) is 56.1 Å². The average Bonchev–Trinajstić information content (AvgIpc) is 3.46. The second kappa shape index (κ2) is 11.2. The van der Waals surface area contributed by atoms with Crippen LogP contribution in [-0.4, -0.2) is 92.9 Å². The van der Waals surface area contributed by atoms with Crippen molar-refractivity contribution in [2.75, 3.05) is 71.6 Å². The van der Waals surface area contributed by atoms with Crippen molar-refractivity contribution in [3.05, 3.63) is 29.8 Å². The number of hydrogen-bond acceptors (Lipinski definition) is 5. The first-order valence-corrected chi connectivity index (χ1v) is 11.9. The van der Waals surface area contributed by atoms with Gasteiger partial charge in [-0.25, -0.2) is 0 Å². The van der Waals surface area contributed by atoms with Crippen LogP contribution in [0.5, 0.6) is 5.75 Å². The summed E-state index contributed by atoms with van der Waals surface area (Å²) in [6, 6.07) is 8.53. The van der Waals surface area contributed by atoms with Crippen LogP contribution < -0.4 is 10.1 Å². The van der Waals surface area contributed by atoms with Crippen molar-refractivity contribution in [1.82, 2.24) is 15.1 Å². The van der Waals surface area contributed by atoms with Crippen LogP contribution in [0.15, 0.2) is 29.3 Å². The number of guanidine groups is 1. The highest BCUT2D eigenvalue weighted by atomic mass is 127. The van der Waals surface area contributed by atoms with Gasteiger partial charge in [-0.3, -0.25) is 9.89 Å². The molecule has 2 atom stereocenters. The first kappa shape index (κ1) is 23.9. The number of likely N-dealkylation sites (tertiary alicyclic amines) is 1. The fraction of sp³-hybridized carbons (Fsp3) is 0.682. The topological polar surface area (TPSA) is 49.3 Å². The first-order chi connectivity index (χ1) is 14.2. The van der Waals surface area contributed by atoms with Gasteiger partial charge in [-0.2, -0.15) is 11.8 Å². The molecule has 3 aliphatic heterocycles. The normalized spacial score (nSPS) is 27.7. The van der Waals surface area contributed by atoms with Crippen molar-refractivity contribution in [3.8, 4) is 5.75 Å². The van der Waals surface area contributed by atoms with Crippen LogP contribution in [0, 0.1) is 0 Å². The number of rotatable bonds is 5. The molecule has 1 aromatic carbocycles. The molecule has 0 aromatic heterocycles. The average molecular weight is 547 g/mol. The monoisotopic (exact) mass is 546 g/mol. The lowest BCUT2D eigenvalue weighted by Gasteiger charge is -2.43. The number of benzene rings is 1. The molecule has 0 saturated carbocycles. The van der Waals surface area contributed by atoms with Gasteiger partial charge in [-0.15, -0.1) is 24.0 Å². The van der Waals surface area contributed by atoms with Gasteiger partial charge in [0.1, 0.15) is 5.75 Å². The largest absolute Gasteiger partial charge is 0.497 e. The Morgan fingerprint density at radius 2 is 2.03 bits per heavy atom. The van der Waals surface area contributed by atoms with Gasteiger partial charge in [0, 0.05) is 57.0 Å². The number of halogens is 1. The van der Waals surface area contributed by atoms with E-state index in [-0.39, 0.29) is 29.5 Å². The quantitative estimate of drug-likeness (QED) is 0.349. The number of morpholine rings is 1. The molecule has 0 spiro atoms. The van der Waals surface area contributed by atoms with Gasteiger partial charge in [0.15, 0.2) is 5.96 Å². The van der Waals surface area contributed by atoms with Crippen molar-refractivity contribution in [2.45, 2.75) is 24.3 Å². The minimum atomic E-state index is 0. The molecule has 2 unspecified atom stereocenters. The number of ether oxygens (including phenoxy) is 2. The van der Waals surface area contributed by atoms with Gasteiger partial charge < -0.3 is 19.7 Å². The summed E-state index contributed by atoms with van der Waals surface area (Å²) >= 11 is 2.08. The Morgan fingerprint density at radius 1 is 1.27 bits per heavy atom. The number of aliphatic imine (C=N–C) groups is 1. The van der Waals surface area contributed by atoms with Crippen LogP contribution in [0.2, 0.25) is 0 Å². The zero-order valence-electron chi connectivity index (χ0n) is 18.1. The predicted molar refractivity (Wildman–Crippen MR) is 136 cm³/mol. The molecular formula is C22H35IN4O2S. The van der Waals surface area contributed by atoms with E-state index in [1.54, 1.807) is 7.11 Å². The molecule has 3 aliphatic rings. The second-order valence-corrected chi connectivity index (χ2v) is 9.34. The molecule has 3 saturated heterocycles. The minimum Gasteiger partial charge on any atom is -0.497 e. The highest BCUT2D eigenvalue weighted by Crippen LogP contribution is 2.34. The summed E-state index contributed by atoms with van der Waals surface area (Å²) in [5.41, 5.74) is 1.63. The molecular weight excluding hydrogens is 511 g/mol. The minimum absolute atomic E-state index is 0. The van der Waals surface area contributed by atoms with Gasteiger partial charge in [-0.05, 0) is 36.3 Å². The highest BCUT2D eigenvalue weighted by Gasteiger charge is 2.41. The smallest absolute Gasteiger partial charge is 0.193 e. The number of nitrogens with one attached hydrogen (secondary N) is 1. The van der Waals surface area contributed by atoms with Crippen LogP contribution in [0.3, 0.4) is 0 Å². The summed E-state index contributed by atoms with van der Waals surface area (Å²) in [7, 11) is 3.63. The van der Waals surface area contributed by atoms with E-state index in [1.165, 1.54) is 23.5 Å². The van der Waals surface area contributed by atoms with Crippen molar-refractivity contribution in [3.63, 3.8) is 0 Å². The number of thioether (sulfide) groups is 1.